The molecule has 1 fully saturated rings. The molecule has 3 N–H and O–H groups in total. The third-order valence-electron chi connectivity index (χ3n) is 7.33. The van der Waals surface area contributed by atoms with Gasteiger partial charge in [0.15, 0.2) is 5.13 Å². The van der Waals surface area contributed by atoms with E-state index in [0.717, 1.165) is 46.2 Å². The SMILES string of the molecule is CCC(C)Nc1nc(-c2cc(OC)cc(C(C)O)c2)c(-c2ccnc(Nc3ccc(O[C@@H]4CCN(CCF)C4)nc3)n2)s1. The molecular formula is C31H38FN7O3S. The van der Waals surface area contributed by atoms with Crippen LogP contribution in [0.2, 0.25) is 0 Å². The van der Waals surface area contributed by atoms with Gasteiger partial charge in [-0.05, 0) is 62.6 Å². The Morgan fingerprint density at radius 2 is 2.02 bits per heavy atom. The predicted molar refractivity (Wildman–Crippen MR) is 168 cm³/mol. The van der Waals surface area contributed by atoms with Gasteiger partial charge in [0.2, 0.25) is 11.8 Å². The molecule has 0 bridgehead atoms. The van der Waals surface area contributed by atoms with Crippen molar-refractivity contribution in [2.45, 2.75) is 51.9 Å². The number of alkyl halides is 1. The first kappa shape index (κ1) is 30.6. The normalized spacial score (nSPS) is 16.6. The standard InChI is InChI=1S/C31H38FN7O3S/c1-5-19(2)35-31-38-28(22-14-21(20(3)40)15-25(16-22)41-4)29(43-31)26-8-11-33-30(37-26)36-23-6-7-27(34-17-23)42-24-9-12-39(18-24)13-10-32/h6-8,11,14-17,19-20,24,40H,5,9-10,12-13,18H2,1-4H3,(H,35,38)(H,33,36,37)/t19?,20?,24-/m1/s1. The van der Waals surface area contributed by atoms with Gasteiger partial charge in [0, 0.05) is 43.5 Å². The highest BCUT2D eigenvalue weighted by atomic mass is 32.1. The van der Waals surface area contributed by atoms with E-state index < -0.39 is 6.10 Å². The number of aliphatic hydroxyl groups is 1. The highest BCUT2D eigenvalue weighted by Crippen LogP contribution is 2.40. The van der Waals surface area contributed by atoms with Gasteiger partial charge in [-0.25, -0.2) is 24.3 Å². The Bertz CT molecular complexity index is 1500. The quantitative estimate of drug-likeness (QED) is 0.165. The highest BCUT2D eigenvalue weighted by Gasteiger charge is 2.24. The molecule has 4 aromatic rings. The number of nitrogens with zero attached hydrogens (tertiary/aromatic N) is 5. The summed E-state index contributed by atoms with van der Waals surface area (Å²) in [6.45, 7) is 7.59. The van der Waals surface area contributed by atoms with Gasteiger partial charge >= 0.3 is 0 Å². The van der Waals surface area contributed by atoms with E-state index in [0.29, 0.717) is 42.0 Å². The van der Waals surface area contributed by atoms with E-state index >= 15 is 0 Å². The molecular weight excluding hydrogens is 569 g/mol. The summed E-state index contributed by atoms with van der Waals surface area (Å²) < 4.78 is 24.2. The highest BCUT2D eigenvalue weighted by molar-refractivity contribution is 7.19. The average molecular weight is 608 g/mol. The van der Waals surface area contributed by atoms with Crippen LogP contribution in [0.15, 0.2) is 48.8 Å². The van der Waals surface area contributed by atoms with Crippen molar-refractivity contribution in [3.63, 3.8) is 0 Å². The molecule has 0 spiro atoms. The van der Waals surface area contributed by atoms with Crippen LogP contribution in [0.5, 0.6) is 11.6 Å². The van der Waals surface area contributed by atoms with Crippen molar-refractivity contribution in [1.29, 1.82) is 0 Å². The monoisotopic (exact) mass is 607 g/mol. The van der Waals surface area contributed by atoms with Gasteiger partial charge in [-0.3, -0.25) is 4.90 Å². The second-order valence-corrected chi connectivity index (χ2v) is 11.6. The lowest BCUT2D eigenvalue weighted by atomic mass is 10.0. The Kier molecular flexibility index (Phi) is 10.0. The average Bonchev–Trinajstić information content (AvgIpc) is 3.65. The third-order valence-corrected chi connectivity index (χ3v) is 8.34. The van der Waals surface area contributed by atoms with E-state index in [1.165, 1.54) is 11.3 Å². The maximum Gasteiger partial charge on any atom is 0.227 e. The predicted octanol–water partition coefficient (Wildman–Crippen LogP) is 6.10. The number of aliphatic hydroxyl groups excluding tert-OH is 1. The number of anilines is 3. The molecule has 1 aromatic carbocycles. The molecule has 4 heterocycles. The maximum atomic E-state index is 12.6. The number of thiazole rings is 1. The van der Waals surface area contributed by atoms with E-state index in [2.05, 4.69) is 39.3 Å². The Labute approximate surface area is 255 Å². The van der Waals surface area contributed by atoms with Gasteiger partial charge < -0.3 is 25.2 Å². The number of benzene rings is 1. The van der Waals surface area contributed by atoms with Crippen molar-refractivity contribution in [1.82, 2.24) is 24.8 Å². The first-order chi connectivity index (χ1) is 20.8. The first-order valence-corrected chi connectivity index (χ1v) is 15.3. The van der Waals surface area contributed by atoms with E-state index in [-0.39, 0.29) is 18.8 Å². The maximum absolute atomic E-state index is 12.6. The lowest BCUT2D eigenvalue weighted by Crippen LogP contribution is -2.26. The van der Waals surface area contributed by atoms with E-state index in [9.17, 15) is 9.50 Å². The van der Waals surface area contributed by atoms with Crippen molar-refractivity contribution >= 4 is 28.1 Å². The summed E-state index contributed by atoms with van der Waals surface area (Å²) in [5.74, 6) is 1.58. The summed E-state index contributed by atoms with van der Waals surface area (Å²) in [6, 6.07) is 11.4. The van der Waals surface area contributed by atoms with Crippen LogP contribution in [-0.2, 0) is 0 Å². The van der Waals surface area contributed by atoms with Gasteiger partial charge in [-0.1, -0.05) is 18.3 Å². The lowest BCUT2D eigenvalue weighted by molar-refractivity contribution is 0.189. The zero-order valence-corrected chi connectivity index (χ0v) is 25.7. The molecule has 0 aliphatic carbocycles. The van der Waals surface area contributed by atoms with Gasteiger partial charge in [-0.15, -0.1) is 0 Å². The minimum absolute atomic E-state index is 0.00687. The number of nitrogens with one attached hydrogen (secondary N) is 2. The molecule has 43 heavy (non-hydrogen) atoms. The van der Waals surface area contributed by atoms with Crippen molar-refractivity contribution in [2.75, 3.05) is 44.1 Å². The first-order valence-electron chi connectivity index (χ1n) is 14.5. The fourth-order valence-electron chi connectivity index (χ4n) is 4.77. The number of methoxy groups -OCH3 is 1. The molecule has 12 heteroatoms. The van der Waals surface area contributed by atoms with E-state index in [1.54, 1.807) is 32.5 Å². The van der Waals surface area contributed by atoms with Gasteiger partial charge in [-0.2, -0.15) is 0 Å². The number of likely N-dealkylation sites (tertiary alicyclic amines) is 1. The van der Waals surface area contributed by atoms with E-state index in [4.69, 9.17) is 19.4 Å². The Morgan fingerprint density at radius 3 is 2.74 bits per heavy atom. The molecule has 0 radical (unpaired) electrons. The smallest absolute Gasteiger partial charge is 0.227 e. The molecule has 2 unspecified atom stereocenters. The van der Waals surface area contributed by atoms with Crippen molar-refractivity contribution in [3.05, 3.63) is 54.4 Å². The number of hydrogen-bond donors (Lipinski definition) is 3. The topological polar surface area (TPSA) is 118 Å². The summed E-state index contributed by atoms with van der Waals surface area (Å²) in [5, 5.41) is 17.8. The molecule has 0 amide bonds. The number of ether oxygens (including phenoxy) is 2. The van der Waals surface area contributed by atoms with Gasteiger partial charge in [0.05, 0.1) is 41.4 Å². The van der Waals surface area contributed by atoms with E-state index in [1.807, 2.05) is 30.3 Å². The number of rotatable bonds is 13. The minimum atomic E-state index is -0.664. The third kappa shape index (κ3) is 7.75. The van der Waals surface area contributed by atoms with Crippen LogP contribution < -0.4 is 20.1 Å². The molecule has 1 aliphatic heterocycles. The van der Waals surface area contributed by atoms with Crippen LogP contribution in [0.4, 0.5) is 21.2 Å². The number of aromatic nitrogens is 4. The molecule has 3 atom stereocenters. The minimum Gasteiger partial charge on any atom is -0.497 e. The van der Waals surface area contributed by atoms with Crippen LogP contribution in [0.3, 0.4) is 0 Å². The summed E-state index contributed by atoms with van der Waals surface area (Å²) in [7, 11) is 1.61. The van der Waals surface area contributed by atoms with Crippen molar-refractivity contribution in [2.24, 2.45) is 0 Å². The summed E-state index contributed by atoms with van der Waals surface area (Å²) >= 11 is 1.52. The van der Waals surface area contributed by atoms with Crippen LogP contribution in [0.25, 0.3) is 21.8 Å². The van der Waals surface area contributed by atoms with Gasteiger partial charge in [0.25, 0.3) is 0 Å². The zero-order chi connectivity index (χ0) is 30.3. The van der Waals surface area contributed by atoms with Crippen molar-refractivity contribution in [3.8, 4) is 33.5 Å². The molecule has 1 saturated heterocycles. The molecule has 5 rings (SSSR count). The molecule has 3 aromatic heterocycles. The Morgan fingerprint density at radius 1 is 1.16 bits per heavy atom. The van der Waals surface area contributed by atoms with Gasteiger partial charge in [0.1, 0.15) is 18.5 Å². The second-order valence-electron chi connectivity index (χ2n) is 10.6. The lowest BCUT2D eigenvalue weighted by Gasteiger charge is -2.15. The fourth-order valence-corrected chi connectivity index (χ4v) is 5.84. The number of pyridine rings is 1. The van der Waals surface area contributed by atoms with Crippen LogP contribution in [0.1, 0.15) is 45.3 Å². The molecule has 228 valence electrons. The number of halogens is 1. The molecule has 10 nitrogen and oxygen atoms in total. The number of hydrogen-bond acceptors (Lipinski definition) is 11. The van der Waals surface area contributed by atoms with Crippen molar-refractivity contribution < 1.29 is 19.0 Å². The largest absolute Gasteiger partial charge is 0.497 e. The zero-order valence-electron chi connectivity index (χ0n) is 24.9. The molecule has 1 aliphatic rings. The summed E-state index contributed by atoms with van der Waals surface area (Å²) in [5.41, 5.74) is 3.71. The fraction of sp³-hybridized carbons (Fsp3) is 0.419. The Balaban J connectivity index is 1.38. The van der Waals surface area contributed by atoms with Crippen LogP contribution >= 0.6 is 11.3 Å². The van der Waals surface area contributed by atoms with Crippen LogP contribution in [0, 0.1) is 0 Å². The summed E-state index contributed by atoms with van der Waals surface area (Å²) in [4.78, 5) is 21.5. The second kappa shape index (κ2) is 14.1. The Hall–Kier alpha value is -3.87. The van der Waals surface area contributed by atoms with Crippen LogP contribution in [-0.4, -0.2) is 75.5 Å². The summed E-state index contributed by atoms with van der Waals surface area (Å²) in [6.07, 6.45) is 4.53. The molecule has 0 saturated carbocycles.